The zero-order valence-corrected chi connectivity index (χ0v) is 14.6. The Labute approximate surface area is 149 Å². The normalized spacial score (nSPS) is 11.2. The van der Waals surface area contributed by atoms with Crippen molar-refractivity contribution in [1.82, 2.24) is 0 Å². The molecule has 1 nitrogen and oxygen atoms in total. The van der Waals surface area contributed by atoms with Crippen LogP contribution in [0, 0.1) is 0 Å². The van der Waals surface area contributed by atoms with Crippen LogP contribution in [-0.4, -0.2) is 5.78 Å². The molecule has 0 unspecified atom stereocenters. The number of benzene rings is 3. The predicted molar refractivity (Wildman–Crippen MR) is 106 cm³/mol. The molecule has 124 valence electrons. The summed E-state index contributed by atoms with van der Waals surface area (Å²) in [4.78, 5) is 12.4. The third-order valence-electron chi connectivity index (χ3n) is 4.31. The van der Waals surface area contributed by atoms with Crippen LogP contribution in [0.4, 0.5) is 0 Å². The van der Waals surface area contributed by atoms with E-state index in [1.807, 2.05) is 48.5 Å². The van der Waals surface area contributed by atoms with E-state index in [1.165, 1.54) is 5.56 Å². The van der Waals surface area contributed by atoms with E-state index in [-0.39, 0.29) is 5.78 Å². The Hall–Kier alpha value is -2.93. The monoisotopic (exact) mass is 326 g/mol. The summed E-state index contributed by atoms with van der Waals surface area (Å²) in [5.74, 6) is 0.537. The van der Waals surface area contributed by atoms with Gasteiger partial charge in [0.15, 0.2) is 5.78 Å². The molecule has 0 saturated heterocycles. The van der Waals surface area contributed by atoms with Crippen LogP contribution in [0.15, 0.2) is 84.9 Å². The molecule has 3 rings (SSSR count). The second-order valence-corrected chi connectivity index (χ2v) is 6.46. The molecule has 0 aromatic heterocycles. The fraction of sp³-hybridized carbons (Fsp3) is 0.125. The zero-order chi connectivity index (χ0) is 17.6. The summed E-state index contributed by atoms with van der Waals surface area (Å²) < 4.78 is 0. The van der Waals surface area contributed by atoms with E-state index in [2.05, 4.69) is 50.2 Å². The lowest BCUT2D eigenvalue weighted by Crippen LogP contribution is -1.94. The van der Waals surface area contributed by atoms with Crippen LogP contribution in [0.25, 0.3) is 17.2 Å². The van der Waals surface area contributed by atoms with E-state index in [1.54, 1.807) is 6.08 Å². The molecule has 25 heavy (non-hydrogen) atoms. The standard InChI is InChI=1S/C24H22O/c1-18(2)20-11-8-19(9-12-20)10-17-24(25)23-15-13-22(14-16-23)21-6-4-3-5-7-21/h3-18H,1-2H3/b17-10+. The first-order valence-corrected chi connectivity index (χ1v) is 8.61. The van der Waals surface area contributed by atoms with Crippen molar-refractivity contribution in [3.05, 3.63) is 102 Å². The van der Waals surface area contributed by atoms with Crippen LogP contribution < -0.4 is 0 Å². The lowest BCUT2D eigenvalue weighted by Gasteiger charge is -2.04. The third kappa shape index (κ3) is 4.33. The highest BCUT2D eigenvalue weighted by Gasteiger charge is 2.03. The summed E-state index contributed by atoms with van der Waals surface area (Å²) in [6.45, 7) is 4.35. The Kier molecular flexibility index (Phi) is 5.25. The number of ketones is 1. The molecule has 0 N–H and O–H groups in total. The second-order valence-electron chi connectivity index (χ2n) is 6.46. The Bertz CT molecular complexity index is 854. The van der Waals surface area contributed by atoms with Crippen molar-refractivity contribution < 1.29 is 4.79 Å². The van der Waals surface area contributed by atoms with Crippen molar-refractivity contribution >= 4 is 11.9 Å². The average molecular weight is 326 g/mol. The van der Waals surface area contributed by atoms with Gasteiger partial charge < -0.3 is 0 Å². The van der Waals surface area contributed by atoms with Crippen LogP contribution in [0.2, 0.25) is 0 Å². The number of allylic oxidation sites excluding steroid dienone is 1. The predicted octanol–water partition coefficient (Wildman–Crippen LogP) is 6.37. The minimum Gasteiger partial charge on any atom is -0.289 e. The van der Waals surface area contributed by atoms with Crippen LogP contribution in [0.5, 0.6) is 0 Å². The summed E-state index contributed by atoms with van der Waals surface area (Å²) in [5, 5.41) is 0. The number of hydrogen-bond acceptors (Lipinski definition) is 1. The Morgan fingerprint density at radius 3 is 1.96 bits per heavy atom. The first-order valence-electron chi connectivity index (χ1n) is 8.61. The third-order valence-corrected chi connectivity index (χ3v) is 4.31. The lowest BCUT2D eigenvalue weighted by atomic mass is 10.0. The molecule has 1 heteroatoms. The second kappa shape index (κ2) is 7.76. The smallest absolute Gasteiger partial charge is 0.185 e. The molecule has 0 aliphatic carbocycles. The van der Waals surface area contributed by atoms with E-state index >= 15 is 0 Å². The number of carbonyl (C=O) groups is 1. The molecule has 3 aromatic rings. The van der Waals surface area contributed by atoms with Crippen LogP contribution in [-0.2, 0) is 0 Å². The molecular formula is C24H22O. The van der Waals surface area contributed by atoms with Gasteiger partial charge in [0.25, 0.3) is 0 Å². The molecule has 0 heterocycles. The van der Waals surface area contributed by atoms with E-state index in [0.29, 0.717) is 11.5 Å². The van der Waals surface area contributed by atoms with Gasteiger partial charge in [0.05, 0.1) is 0 Å². The maximum absolute atomic E-state index is 12.4. The molecule has 0 aliphatic rings. The maximum Gasteiger partial charge on any atom is 0.185 e. The van der Waals surface area contributed by atoms with E-state index < -0.39 is 0 Å². The van der Waals surface area contributed by atoms with Gasteiger partial charge in [-0.15, -0.1) is 0 Å². The van der Waals surface area contributed by atoms with Crippen molar-refractivity contribution in [3.8, 4) is 11.1 Å². The van der Waals surface area contributed by atoms with Gasteiger partial charge in [-0.05, 0) is 34.2 Å². The van der Waals surface area contributed by atoms with Gasteiger partial charge in [0.1, 0.15) is 0 Å². The Balaban J connectivity index is 1.70. The van der Waals surface area contributed by atoms with Crippen LogP contribution in [0.3, 0.4) is 0 Å². The number of hydrogen-bond donors (Lipinski definition) is 0. The number of carbonyl (C=O) groups excluding carboxylic acids is 1. The largest absolute Gasteiger partial charge is 0.289 e. The number of rotatable bonds is 5. The lowest BCUT2D eigenvalue weighted by molar-refractivity contribution is 0.104. The summed E-state index contributed by atoms with van der Waals surface area (Å²) in [6, 6.07) is 26.3. The fourth-order valence-electron chi connectivity index (χ4n) is 2.72. The van der Waals surface area contributed by atoms with Crippen molar-refractivity contribution in [2.75, 3.05) is 0 Å². The first-order chi connectivity index (χ1) is 12.1. The Morgan fingerprint density at radius 2 is 1.36 bits per heavy atom. The highest BCUT2D eigenvalue weighted by atomic mass is 16.1. The molecule has 0 amide bonds. The summed E-state index contributed by atoms with van der Waals surface area (Å²) in [7, 11) is 0. The zero-order valence-electron chi connectivity index (χ0n) is 14.6. The molecular weight excluding hydrogens is 304 g/mol. The topological polar surface area (TPSA) is 17.1 Å². The quantitative estimate of drug-likeness (QED) is 0.393. The summed E-state index contributed by atoms with van der Waals surface area (Å²) >= 11 is 0. The van der Waals surface area contributed by atoms with Gasteiger partial charge in [-0.3, -0.25) is 4.79 Å². The van der Waals surface area contributed by atoms with Crippen molar-refractivity contribution in [2.45, 2.75) is 19.8 Å². The van der Waals surface area contributed by atoms with Gasteiger partial charge >= 0.3 is 0 Å². The molecule has 3 aromatic carbocycles. The molecule has 0 aliphatic heterocycles. The van der Waals surface area contributed by atoms with Gasteiger partial charge in [0, 0.05) is 5.56 Å². The molecule has 0 saturated carbocycles. The van der Waals surface area contributed by atoms with Crippen LogP contribution in [0.1, 0.15) is 41.3 Å². The molecule has 0 spiro atoms. The molecule has 0 atom stereocenters. The van der Waals surface area contributed by atoms with Gasteiger partial charge in [-0.25, -0.2) is 0 Å². The fourth-order valence-corrected chi connectivity index (χ4v) is 2.72. The average Bonchev–Trinajstić information content (AvgIpc) is 2.67. The molecule has 0 radical (unpaired) electrons. The molecule has 0 bridgehead atoms. The van der Waals surface area contributed by atoms with Gasteiger partial charge in [-0.2, -0.15) is 0 Å². The maximum atomic E-state index is 12.4. The Morgan fingerprint density at radius 1 is 0.760 bits per heavy atom. The summed E-state index contributed by atoms with van der Waals surface area (Å²) in [5.41, 5.74) is 5.32. The van der Waals surface area contributed by atoms with E-state index in [4.69, 9.17) is 0 Å². The van der Waals surface area contributed by atoms with Gasteiger partial charge in [0.2, 0.25) is 0 Å². The minimum atomic E-state index is 0.0209. The van der Waals surface area contributed by atoms with Gasteiger partial charge in [-0.1, -0.05) is 98.8 Å². The SMILES string of the molecule is CC(C)c1ccc(/C=C/C(=O)c2ccc(-c3ccccc3)cc2)cc1. The molecule has 0 fully saturated rings. The van der Waals surface area contributed by atoms with Crippen molar-refractivity contribution in [1.29, 1.82) is 0 Å². The van der Waals surface area contributed by atoms with Crippen molar-refractivity contribution in [2.24, 2.45) is 0 Å². The van der Waals surface area contributed by atoms with Crippen LogP contribution >= 0.6 is 0 Å². The first kappa shape index (κ1) is 16.9. The highest BCUT2D eigenvalue weighted by molar-refractivity contribution is 6.07. The van der Waals surface area contributed by atoms with E-state index in [9.17, 15) is 4.79 Å². The van der Waals surface area contributed by atoms with E-state index in [0.717, 1.165) is 16.7 Å². The van der Waals surface area contributed by atoms with Crippen molar-refractivity contribution in [3.63, 3.8) is 0 Å². The highest BCUT2D eigenvalue weighted by Crippen LogP contribution is 2.20. The minimum absolute atomic E-state index is 0.0209. The summed E-state index contributed by atoms with van der Waals surface area (Å²) in [6.07, 6.45) is 3.51.